The molecule has 0 aliphatic rings. The third-order valence-electron chi connectivity index (χ3n) is 2.49. The summed E-state index contributed by atoms with van der Waals surface area (Å²) in [6.07, 6.45) is 3.26. The molecule has 0 atom stereocenters. The van der Waals surface area contributed by atoms with Crippen molar-refractivity contribution in [1.82, 2.24) is 0 Å². The normalized spacial score (nSPS) is 9.47. The number of rotatable bonds is 3. The summed E-state index contributed by atoms with van der Waals surface area (Å²) in [4.78, 5) is 3.44. The monoisotopic (exact) mass is 259 g/mol. The molecule has 0 spiro atoms. The molecule has 0 unspecified atom stereocenters. The first kappa shape index (κ1) is 19.7. The van der Waals surface area contributed by atoms with Gasteiger partial charge in [0, 0.05) is 5.70 Å². The van der Waals surface area contributed by atoms with Crippen LogP contribution in [0.2, 0.25) is 0 Å². The van der Waals surface area contributed by atoms with E-state index in [4.69, 9.17) is 0 Å². The minimum atomic E-state index is 0.769. The molecule has 0 saturated carbocycles. The van der Waals surface area contributed by atoms with Crippen molar-refractivity contribution >= 4 is 12.3 Å². The van der Waals surface area contributed by atoms with Crippen LogP contribution < -0.4 is 0 Å². The Hall–Kier alpha value is -1.63. The zero-order chi connectivity index (χ0) is 15.3. The summed E-state index contributed by atoms with van der Waals surface area (Å²) >= 11 is 0. The van der Waals surface area contributed by atoms with Crippen LogP contribution >= 0.6 is 0 Å². The van der Waals surface area contributed by atoms with Crippen LogP contribution in [0.5, 0.6) is 0 Å². The molecule has 0 amide bonds. The van der Waals surface area contributed by atoms with Crippen molar-refractivity contribution in [3.63, 3.8) is 0 Å². The van der Waals surface area contributed by atoms with Crippen molar-refractivity contribution in [3.05, 3.63) is 53.7 Å². The molecular weight excluding hydrogens is 230 g/mol. The SMILES string of the molecule is C/C=C(\C)c1cccc(CC)c1.C=NC(=C)C.CC. The van der Waals surface area contributed by atoms with Crippen LogP contribution in [-0.4, -0.2) is 6.72 Å². The molecule has 0 fully saturated rings. The van der Waals surface area contributed by atoms with Gasteiger partial charge < -0.3 is 0 Å². The van der Waals surface area contributed by atoms with Crippen LogP contribution in [-0.2, 0) is 6.42 Å². The number of aliphatic imine (C=N–C) groups is 1. The van der Waals surface area contributed by atoms with E-state index in [1.54, 1.807) is 6.92 Å². The molecule has 0 aliphatic carbocycles. The third kappa shape index (κ3) is 10.0. The lowest BCUT2D eigenvalue weighted by Gasteiger charge is -2.02. The second-order valence-electron chi connectivity index (χ2n) is 3.92. The molecule has 0 heterocycles. The van der Waals surface area contributed by atoms with Crippen LogP contribution in [0.15, 0.2) is 47.6 Å². The topological polar surface area (TPSA) is 12.4 Å². The second-order valence-corrected chi connectivity index (χ2v) is 3.92. The Labute approximate surface area is 119 Å². The van der Waals surface area contributed by atoms with E-state index in [1.807, 2.05) is 13.8 Å². The maximum Gasteiger partial charge on any atom is 0.0293 e. The Balaban J connectivity index is 0. The number of hydrogen-bond acceptors (Lipinski definition) is 1. The fraction of sp³-hybridized carbons (Fsp3) is 0.389. The lowest BCUT2D eigenvalue weighted by molar-refractivity contribution is 1.14. The van der Waals surface area contributed by atoms with E-state index in [0.717, 1.165) is 12.1 Å². The van der Waals surface area contributed by atoms with Crippen LogP contribution in [0.1, 0.15) is 52.7 Å². The van der Waals surface area contributed by atoms with Crippen LogP contribution in [0.25, 0.3) is 5.57 Å². The summed E-state index contributed by atoms with van der Waals surface area (Å²) in [5, 5.41) is 0. The second kappa shape index (κ2) is 12.8. The molecule has 0 bridgehead atoms. The van der Waals surface area contributed by atoms with Gasteiger partial charge in [0.05, 0.1) is 0 Å². The maximum atomic E-state index is 3.44. The minimum Gasteiger partial charge on any atom is -0.270 e. The average molecular weight is 259 g/mol. The van der Waals surface area contributed by atoms with E-state index in [0.29, 0.717) is 0 Å². The molecule has 19 heavy (non-hydrogen) atoms. The average Bonchev–Trinajstić information content (AvgIpc) is 2.49. The largest absolute Gasteiger partial charge is 0.270 e. The van der Waals surface area contributed by atoms with E-state index in [-0.39, 0.29) is 0 Å². The van der Waals surface area contributed by atoms with Gasteiger partial charge in [-0.3, -0.25) is 4.99 Å². The number of aryl methyl sites for hydroxylation is 1. The lowest BCUT2D eigenvalue weighted by Crippen LogP contribution is -1.83. The standard InChI is InChI=1S/C12H16.C4H7N.C2H6/c1-4-10(3)12-8-6-7-11(5-2)9-12;1-4(2)5-3;1-2/h4,6-9H,5H2,1-3H3;1,3H2,2H3;1-2H3/b10-4+;;. The molecule has 0 radical (unpaired) electrons. The fourth-order valence-electron chi connectivity index (χ4n) is 1.20. The first-order valence-electron chi connectivity index (χ1n) is 6.89. The van der Waals surface area contributed by atoms with Crippen LogP contribution in [0.4, 0.5) is 0 Å². The van der Waals surface area contributed by atoms with Gasteiger partial charge in [-0.15, -0.1) is 0 Å². The first-order chi connectivity index (χ1) is 9.04. The molecule has 0 aliphatic heterocycles. The van der Waals surface area contributed by atoms with Gasteiger partial charge in [-0.25, -0.2) is 0 Å². The Bertz CT molecular complexity index is 400. The zero-order valence-corrected chi connectivity index (χ0v) is 13.5. The summed E-state index contributed by atoms with van der Waals surface area (Å²) < 4.78 is 0. The van der Waals surface area contributed by atoms with Crippen molar-refractivity contribution in [2.45, 2.75) is 48.0 Å². The van der Waals surface area contributed by atoms with E-state index < -0.39 is 0 Å². The van der Waals surface area contributed by atoms with Gasteiger partial charge in [-0.05, 0) is 50.6 Å². The predicted molar refractivity (Wildman–Crippen MR) is 90.9 cm³/mol. The van der Waals surface area contributed by atoms with Gasteiger partial charge in [-0.1, -0.05) is 57.7 Å². The van der Waals surface area contributed by atoms with Crippen LogP contribution in [0, 0.1) is 0 Å². The molecule has 1 aromatic carbocycles. The Morgan fingerprint density at radius 1 is 1.26 bits per heavy atom. The van der Waals surface area contributed by atoms with E-state index in [2.05, 4.69) is 69.4 Å². The molecule has 0 saturated heterocycles. The highest BCUT2D eigenvalue weighted by molar-refractivity contribution is 5.63. The highest BCUT2D eigenvalue weighted by atomic mass is 14.7. The molecule has 106 valence electrons. The summed E-state index contributed by atoms with van der Waals surface area (Å²) in [6.45, 7) is 18.9. The van der Waals surface area contributed by atoms with Crippen LogP contribution in [0.3, 0.4) is 0 Å². The van der Waals surface area contributed by atoms with Crippen molar-refractivity contribution < 1.29 is 0 Å². The van der Waals surface area contributed by atoms with Crippen molar-refractivity contribution in [2.24, 2.45) is 4.99 Å². The summed E-state index contributed by atoms with van der Waals surface area (Å²) in [6, 6.07) is 8.72. The van der Waals surface area contributed by atoms with Crippen molar-refractivity contribution in [1.29, 1.82) is 0 Å². The number of hydrogen-bond donors (Lipinski definition) is 0. The Morgan fingerprint density at radius 2 is 1.79 bits per heavy atom. The molecular formula is C18H29N. The number of allylic oxidation sites excluding steroid dienone is 3. The van der Waals surface area contributed by atoms with E-state index >= 15 is 0 Å². The van der Waals surface area contributed by atoms with E-state index in [1.165, 1.54) is 16.7 Å². The molecule has 1 aromatic rings. The zero-order valence-electron chi connectivity index (χ0n) is 13.5. The minimum absolute atomic E-state index is 0.769. The molecule has 1 heteroatoms. The smallest absolute Gasteiger partial charge is 0.0293 e. The summed E-state index contributed by atoms with van der Waals surface area (Å²) in [5.74, 6) is 0. The highest BCUT2D eigenvalue weighted by Crippen LogP contribution is 2.15. The maximum absolute atomic E-state index is 3.44. The molecule has 1 nitrogen and oxygen atoms in total. The van der Waals surface area contributed by atoms with Gasteiger partial charge in [0.1, 0.15) is 0 Å². The highest BCUT2D eigenvalue weighted by Gasteiger charge is 1.94. The summed E-state index contributed by atoms with van der Waals surface area (Å²) in [5.41, 5.74) is 4.88. The number of benzene rings is 1. The number of nitrogens with zero attached hydrogens (tertiary/aromatic N) is 1. The Morgan fingerprint density at radius 3 is 2.16 bits per heavy atom. The third-order valence-corrected chi connectivity index (χ3v) is 2.49. The quantitative estimate of drug-likeness (QED) is 0.597. The molecule has 0 aromatic heterocycles. The first-order valence-corrected chi connectivity index (χ1v) is 6.89. The van der Waals surface area contributed by atoms with Crippen molar-refractivity contribution in [2.75, 3.05) is 0 Å². The molecule has 1 rings (SSSR count). The summed E-state index contributed by atoms with van der Waals surface area (Å²) in [7, 11) is 0. The van der Waals surface area contributed by atoms with E-state index in [9.17, 15) is 0 Å². The predicted octanol–water partition coefficient (Wildman–Crippen LogP) is 5.92. The van der Waals surface area contributed by atoms with Crippen molar-refractivity contribution in [3.8, 4) is 0 Å². The lowest BCUT2D eigenvalue weighted by atomic mass is 10.0. The molecule has 0 N–H and O–H groups in total. The Kier molecular flexibility index (Phi) is 13.3. The van der Waals surface area contributed by atoms with Gasteiger partial charge in [0.15, 0.2) is 0 Å². The van der Waals surface area contributed by atoms with Gasteiger partial charge in [0.25, 0.3) is 0 Å². The fourth-order valence-corrected chi connectivity index (χ4v) is 1.20. The van der Waals surface area contributed by atoms with Gasteiger partial charge in [-0.2, -0.15) is 0 Å². The van der Waals surface area contributed by atoms with Gasteiger partial charge >= 0.3 is 0 Å². The van der Waals surface area contributed by atoms with Gasteiger partial charge in [0.2, 0.25) is 0 Å².